The number of carbonyl (C=O) groups excluding carboxylic acids is 1. The van der Waals surface area contributed by atoms with Gasteiger partial charge in [-0.15, -0.1) is 0 Å². The van der Waals surface area contributed by atoms with E-state index in [1.165, 1.54) is 6.07 Å². The van der Waals surface area contributed by atoms with Gasteiger partial charge in [-0.3, -0.25) is 9.59 Å². The van der Waals surface area contributed by atoms with Gasteiger partial charge in [-0.25, -0.2) is 0 Å². The van der Waals surface area contributed by atoms with E-state index in [4.69, 9.17) is 4.74 Å². The molecule has 1 aliphatic rings. The minimum atomic E-state index is -0.247. The van der Waals surface area contributed by atoms with Crippen LogP contribution in [0.15, 0.2) is 23.0 Å². The Morgan fingerprint density at radius 3 is 3.12 bits per heavy atom. The maximum absolute atomic E-state index is 12.1. The number of nitrogens with one attached hydrogen (secondary N) is 1. The van der Waals surface area contributed by atoms with Crippen LogP contribution in [-0.4, -0.2) is 42.6 Å². The van der Waals surface area contributed by atoms with Crippen LogP contribution in [-0.2, 0) is 4.74 Å². The number of carbonyl (C=O) groups is 1. The van der Waals surface area contributed by atoms with E-state index in [0.29, 0.717) is 24.8 Å². The first kappa shape index (κ1) is 11.9. The van der Waals surface area contributed by atoms with Crippen molar-refractivity contribution in [2.24, 2.45) is 5.92 Å². The van der Waals surface area contributed by atoms with Gasteiger partial charge in [-0.05, 0) is 12.5 Å². The predicted octanol–water partition coefficient (Wildman–Crippen LogP) is 0.483. The van der Waals surface area contributed by atoms with Gasteiger partial charge in [0.25, 0.3) is 5.91 Å². The Bertz CT molecular complexity index is 455. The van der Waals surface area contributed by atoms with Crippen LogP contribution in [0.2, 0.25) is 0 Å². The number of methoxy groups -OCH3 is 1. The summed E-state index contributed by atoms with van der Waals surface area (Å²) in [6.07, 6.45) is 0.955. The minimum Gasteiger partial charge on any atom is -0.384 e. The fourth-order valence-electron chi connectivity index (χ4n) is 2.13. The number of pyridine rings is 1. The highest BCUT2D eigenvalue weighted by Gasteiger charge is 2.27. The van der Waals surface area contributed by atoms with Crippen molar-refractivity contribution in [3.63, 3.8) is 0 Å². The van der Waals surface area contributed by atoms with Crippen LogP contribution >= 0.6 is 0 Å². The van der Waals surface area contributed by atoms with E-state index < -0.39 is 0 Å². The summed E-state index contributed by atoms with van der Waals surface area (Å²) >= 11 is 0. The molecular formula is C12H16N2O3. The Morgan fingerprint density at radius 2 is 2.41 bits per heavy atom. The first-order valence-corrected chi connectivity index (χ1v) is 5.68. The van der Waals surface area contributed by atoms with Gasteiger partial charge in [-0.1, -0.05) is 6.07 Å². The number of hydrogen-bond acceptors (Lipinski definition) is 3. The number of ether oxygens (including phenoxy) is 1. The van der Waals surface area contributed by atoms with Crippen molar-refractivity contribution in [2.75, 3.05) is 26.8 Å². The number of aromatic nitrogens is 1. The number of aromatic amines is 1. The molecule has 0 saturated carbocycles. The van der Waals surface area contributed by atoms with Crippen molar-refractivity contribution < 1.29 is 9.53 Å². The first-order chi connectivity index (χ1) is 8.20. The van der Waals surface area contributed by atoms with E-state index in [0.717, 1.165) is 13.0 Å². The molecule has 5 heteroatoms. The summed E-state index contributed by atoms with van der Waals surface area (Å²) in [6.45, 7) is 2.10. The van der Waals surface area contributed by atoms with Crippen molar-refractivity contribution in [3.05, 3.63) is 34.2 Å². The van der Waals surface area contributed by atoms with Gasteiger partial charge in [0, 0.05) is 32.2 Å². The molecule has 2 rings (SSSR count). The van der Waals surface area contributed by atoms with Crippen LogP contribution in [0.25, 0.3) is 0 Å². The van der Waals surface area contributed by atoms with Gasteiger partial charge in [0.15, 0.2) is 0 Å². The standard InChI is InChI=1S/C12H16N2O3/c1-17-8-9-5-6-14(7-9)12(16)10-3-2-4-11(15)13-10/h2-4,9H,5-8H2,1H3,(H,13,15). The molecule has 1 aromatic heterocycles. The average Bonchev–Trinajstić information content (AvgIpc) is 2.77. The molecule has 0 bridgehead atoms. The van der Waals surface area contributed by atoms with Crippen LogP contribution in [0.5, 0.6) is 0 Å². The molecule has 1 unspecified atom stereocenters. The fraction of sp³-hybridized carbons (Fsp3) is 0.500. The molecule has 0 aromatic carbocycles. The average molecular weight is 236 g/mol. The maximum Gasteiger partial charge on any atom is 0.270 e. The second kappa shape index (κ2) is 5.14. The third-order valence-electron chi connectivity index (χ3n) is 2.97. The third-order valence-corrected chi connectivity index (χ3v) is 2.97. The summed E-state index contributed by atoms with van der Waals surface area (Å²) in [5.41, 5.74) is 0.110. The van der Waals surface area contributed by atoms with Crippen molar-refractivity contribution in [3.8, 4) is 0 Å². The summed E-state index contributed by atoms with van der Waals surface area (Å²) in [6, 6.07) is 4.62. The number of amides is 1. The van der Waals surface area contributed by atoms with Gasteiger partial charge >= 0.3 is 0 Å². The lowest BCUT2D eigenvalue weighted by Gasteiger charge is -2.16. The molecule has 1 fully saturated rings. The number of H-pyrrole nitrogens is 1. The topological polar surface area (TPSA) is 62.4 Å². The Labute approximate surface area is 99.4 Å². The van der Waals surface area contributed by atoms with Crippen LogP contribution in [0.1, 0.15) is 16.9 Å². The van der Waals surface area contributed by atoms with Crippen molar-refractivity contribution in [1.29, 1.82) is 0 Å². The van der Waals surface area contributed by atoms with Crippen LogP contribution < -0.4 is 5.56 Å². The SMILES string of the molecule is COCC1CCN(C(=O)c2cccc(=O)[nH]2)C1. The lowest BCUT2D eigenvalue weighted by molar-refractivity contribution is 0.0769. The molecule has 1 N–H and O–H groups in total. The van der Waals surface area contributed by atoms with E-state index in [9.17, 15) is 9.59 Å². The van der Waals surface area contributed by atoms with Gasteiger partial charge in [-0.2, -0.15) is 0 Å². The first-order valence-electron chi connectivity index (χ1n) is 5.68. The van der Waals surface area contributed by atoms with E-state index in [1.54, 1.807) is 24.1 Å². The summed E-state index contributed by atoms with van der Waals surface area (Å²) in [5.74, 6) is 0.292. The summed E-state index contributed by atoms with van der Waals surface area (Å²) in [4.78, 5) is 27.5. The monoisotopic (exact) mass is 236 g/mol. The highest BCUT2D eigenvalue weighted by Crippen LogP contribution is 2.17. The quantitative estimate of drug-likeness (QED) is 0.830. The largest absolute Gasteiger partial charge is 0.384 e. The van der Waals surface area contributed by atoms with Gasteiger partial charge in [0.05, 0.1) is 6.61 Å². The molecular weight excluding hydrogens is 220 g/mol. The highest BCUT2D eigenvalue weighted by molar-refractivity contribution is 5.92. The lowest BCUT2D eigenvalue weighted by atomic mass is 10.1. The van der Waals surface area contributed by atoms with Crippen molar-refractivity contribution in [2.45, 2.75) is 6.42 Å². The maximum atomic E-state index is 12.1. The molecule has 0 spiro atoms. The second-order valence-corrected chi connectivity index (χ2v) is 4.29. The van der Waals surface area contributed by atoms with Crippen LogP contribution in [0.3, 0.4) is 0 Å². The predicted molar refractivity (Wildman–Crippen MR) is 62.9 cm³/mol. The lowest BCUT2D eigenvalue weighted by Crippen LogP contribution is -2.31. The van der Waals surface area contributed by atoms with Gasteiger partial charge in [0.1, 0.15) is 5.69 Å². The van der Waals surface area contributed by atoms with Crippen LogP contribution in [0.4, 0.5) is 0 Å². The summed E-state index contributed by atoms with van der Waals surface area (Å²) in [5, 5.41) is 0. The number of likely N-dealkylation sites (tertiary alicyclic amines) is 1. The normalized spacial score (nSPS) is 19.6. The molecule has 92 valence electrons. The van der Waals surface area contributed by atoms with E-state index >= 15 is 0 Å². The Kier molecular flexibility index (Phi) is 3.58. The molecule has 0 aliphatic carbocycles. The minimum absolute atomic E-state index is 0.110. The molecule has 2 heterocycles. The fourth-order valence-corrected chi connectivity index (χ4v) is 2.13. The van der Waals surface area contributed by atoms with E-state index in [2.05, 4.69) is 4.98 Å². The Balaban J connectivity index is 2.04. The summed E-state index contributed by atoms with van der Waals surface area (Å²) in [7, 11) is 1.67. The third kappa shape index (κ3) is 2.74. The molecule has 1 aliphatic heterocycles. The molecule has 1 amide bonds. The van der Waals surface area contributed by atoms with Crippen molar-refractivity contribution in [1.82, 2.24) is 9.88 Å². The van der Waals surface area contributed by atoms with Gasteiger partial charge in [0.2, 0.25) is 5.56 Å². The Morgan fingerprint density at radius 1 is 1.59 bits per heavy atom. The molecule has 1 aromatic rings. The van der Waals surface area contributed by atoms with E-state index in [-0.39, 0.29) is 11.5 Å². The number of rotatable bonds is 3. The van der Waals surface area contributed by atoms with Crippen molar-refractivity contribution >= 4 is 5.91 Å². The molecule has 5 nitrogen and oxygen atoms in total. The molecule has 17 heavy (non-hydrogen) atoms. The number of nitrogens with zero attached hydrogens (tertiary/aromatic N) is 1. The zero-order chi connectivity index (χ0) is 12.3. The number of hydrogen-bond donors (Lipinski definition) is 1. The highest BCUT2D eigenvalue weighted by atomic mass is 16.5. The molecule has 0 radical (unpaired) electrons. The van der Waals surface area contributed by atoms with Gasteiger partial charge < -0.3 is 14.6 Å². The molecule has 1 atom stereocenters. The smallest absolute Gasteiger partial charge is 0.270 e. The summed E-state index contributed by atoms with van der Waals surface area (Å²) < 4.78 is 5.08. The zero-order valence-corrected chi connectivity index (χ0v) is 9.81. The zero-order valence-electron chi connectivity index (χ0n) is 9.81. The second-order valence-electron chi connectivity index (χ2n) is 4.29. The molecule has 1 saturated heterocycles. The Hall–Kier alpha value is -1.62. The van der Waals surface area contributed by atoms with E-state index in [1.807, 2.05) is 0 Å². The van der Waals surface area contributed by atoms with Crippen LogP contribution in [0, 0.1) is 5.92 Å².